The number of rotatable bonds is 8. The molecule has 2 fully saturated rings. The normalized spacial score (nSPS) is 19.1. The lowest BCUT2D eigenvalue weighted by molar-refractivity contribution is 0.402. The summed E-state index contributed by atoms with van der Waals surface area (Å²) >= 11 is 0. The summed E-state index contributed by atoms with van der Waals surface area (Å²) in [6, 6.07) is 8.23. The van der Waals surface area contributed by atoms with Crippen molar-refractivity contribution in [2.45, 2.75) is 62.6 Å². The molecule has 0 spiro atoms. The van der Waals surface area contributed by atoms with E-state index in [0.29, 0.717) is 24.0 Å². The monoisotopic (exact) mass is 308 g/mol. The predicted octanol–water partition coefficient (Wildman–Crippen LogP) is 2.50. The van der Waals surface area contributed by atoms with E-state index in [1.807, 2.05) is 25.1 Å². The molecule has 5 heteroatoms. The maximum Gasteiger partial charge on any atom is 0.243 e. The summed E-state index contributed by atoms with van der Waals surface area (Å²) in [5.74, 6) is 0. The van der Waals surface area contributed by atoms with Gasteiger partial charge in [0.05, 0.1) is 4.90 Å². The fraction of sp³-hybridized carbons (Fsp3) is 0.625. The van der Waals surface area contributed by atoms with Crippen molar-refractivity contribution in [3.8, 4) is 0 Å². The average molecular weight is 308 g/mol. The Labute approximate surface area is 127 Å². The standard InChI is InChI=1S/C16H24N2O2S/c1-2-11-18(15-9-10-15)21(19,20)16-6-4-3-5-13(16)12-17-14-7-8-14/h3-6,14-15,17H,2,7-12H2,1H3. The molecule has 2 saturated carbocycles. The van der Waals surface area contributed by atoms with Gasteiger partial charge in [-0.2, -0.15) is 4.31 Å². The number of nitrogens with one attached hydrogen (secondary N) is 1. The van der Waals surface area contributed by atoms with Crippen molar-refractivity contribution in [3.05, 3.63) is 29.8 Å². The summed E-state index contributed by atoms with van der Waals surface area (Å²) in [7, 11) is -3.36. The molecular formula is C16H24N2O2S. The van der Waals surface area contributed by atoms with Crippen molar-refractivity contribution in [1.29, 1.82) is 0 Å². The Bertz CT molecular complexity index is 592. The van der Waals surface area contributed by atoms with Gasteiger partial charge in [-0.3, -0.25) is 0 Å². The van der Waals surface area contributed by atoms with Gasteiger partial charge in [-0.25, -0.2) is 8.42 Å². The van der Waals surface area contributed by atoms with Gasteiger partial charge in [0.2, 0.25) is 10.0 Å². The molecule has 0 amide bonds. The van der Waals surface area contributed by atoms with Crippen molar-refractivity contribution in [3.63, 3.8) is 0 Å². The van der Waals surface area contributed by atoms with Gasteiger partial charge in [-0.1, -0.05) is 25.1 Å². The first-order valence-electron chi connectivity index (χ1n) is 7.96. The van der Waals surface area contributed by atoms with Crippen molar-refractivity contribution < 1.29 is 8.42 Å². The van der Waals surface area contributed by atoms with Gasteiger partial charge in [0.25, 0.3) is 0 Å². The highest BCUT2D eigenvalue weighted by molar-refractivity contribution is 7.89. The van der Waals surface area contributed by atoms with E-state index in [-0.39, 0.29) is 6.04 Å². The van der Waals surface area contributed by atoms with E-state index in [2.05, 4.69) is 5.32 Å². The number of hydrogen-bond donors (Lipinski definition) is 1. The summed E-state index contributed by atoms with van der Waals surface area (Å²) in [4.78, 5) is 0.485. The van der Waals surface area contributed by atoms with Crippen LogP contribution in [0.15, 0.2) is 29.2 Å². The van der Waals surface area contributed by atoms with Gasteiger partial charge >= 0.3 is 0 Å². The summed E-state index contributed by atoms with van der Waals surface area (Å²) in [6.07, 6.45) is 5.28. The molecule has 0 aromatic heterocycles. The molecule has 0 bridgehead atoms. The second kappa shape index (κ2) is 6.07. The number of benzene rings is 1. The molecule has 0 aliphatic heterocycles. The van der Waals surface area contributed by atoms with Crippen molar-refractivity contribution in [2.75, 3.05) is 6.54 Å². The summed E-state index contributed by atoms with van der Waals surface area (Å²) in [6.45, 7) is 3.30. The zero-order valence-electron chi connectivity index (χ0n) is 12.6. The highest BCUT2D eigenvalue weighted by Crippen LogP contribution is 2.33. The third-order valence-corrected chi connectivity index (χ3v) is 6.17. The minimum Gasteiger partial charge on any atom is -0.310 e. The molecular weight excluding hydrogens is 284 g/mol. The fourth-order valence-electron chi connectivity index (χ4n) is 2.65. The number of hydrogen-bond acceptors (Lipinski definition) is 3. The van der Waals surface area contributed by atoms with Gasteiger partial charge < -0.3 is 5.32 Å². The molecule has 4 nitrogen and oxygen atoms in total. The highest BCUT2D eigenvalue weighted by Gasteiger charge is 2.38. The Balaban J connectivity index is 1.85. The highest BCUT2D eigenvalue weighted by atomic mass is 32.2. The van der Waals surface area contributed by atoms with E-state index in [1.54, 1.807) is 10.4 Å². The van der Waals surface area contributed by atoms with Gasteiger partial charge in [-0.05, 0) is 43.7 Å². The number of sulfonamides is 1. The molecule has 116 valence electrons. The molecule has 0 atom stereocenters. The first-order chi connectivity index (χ1) is 10.1. The first kappa shape index (κ1) is 15.0. The third kappa shape index (κ3) is 3.47. The SMILES string of the molecule is CCCN(C1CC1)S(=O)(=O)c1ccccc1CNC1CC1. The Hall–Kier alpha value is -0.910. The molecule has 21 heavy (non-hydrogen) atoms. The van der Waals surface area contributed by atoms with Gasteiger partial charge in [0.1, 0.15) is 0 Å². The molecule has 3 rings (SSSR count). The molecule has 1 N–H and O–H groups in total. The van der Waals surface area contributed by atoms with E-state index in [4.69, 9.17) is 0 Å². The van der Waals surface area contributed by atoms with Crippen LogP contribution in [0.1, 0.15) is 44.6 Å². The molecule has 0 saturated heterocycles. The molecule has 1 aromatic rings. The molecule has 2 aliphatic rings. The van der Waals surface area contributed by atoms with Crippen LogP contribution in [-0.2, 0) is 16.6 Å². The average Bonchev–Trinajstić information content (AvgIpc) is 3.37. The summed E-state index contributed by atoms with van der Waals surface area (Å²) in [5.41, 5.74) is 0.895. The van der Waals surface area contributed by atoms with Crippen molar-refractivity contribution in [1.82, 2.24) is 9.62 Å². The van der Waals surface area contributed by atoms with Crippen LogP contribution in [0.3, 0.4) is 0 Å². The minimum absolute atomic E-state index is 0.222. The zero-order valence-corrected chi connectivity index (χ0v) is 13.4. The van der Waals surface area contributed by atoms with Gasteiger partial charge in [-0.15, -0.1) is 0 Å². The van der Waals surface area contributed by atoms with Crippen LogP contribution in [0.2, 0.25) is 0 Å². The largest absolute Gasteiger partial charge is 0.310 e. The van der Waals surface area contributed by atoms with Crippen molar-refractivity contribution >= 4 is 10.0 Å². The molecule has 1 aromatic carbocycles. The lowest BCUT2D eigenvalue weighted by Crippen LogP contribution is -2.34. The van der Waals surface area contributed by atoms with Crippen molar-refractivity contribution in [2.24, 2.45) is 0 Å². The molecule has 0 radical (unpaired) electrons. The Morgan fingerprint density at radius 1 is 1.19 bits per heavy atom. The van der Waals surface area contributed by atoms with E-state index in [9.17, 15) is 8.42 Å². The Morgan fingerprint density at radius 3 is 2.52 bits per heavy atom. The second-order valence-electron chi connectivity index (χ2n) is 6.11. The smallest absolute Gasteiger partial charge is 0.243 e. The van der Waals surface area contributed by atoms with Crippen LogP contribution in [0.4, 0.5) is 0 Å². The first-order valence-corrected chi connectivity index (χ1v) is 9.40. The third-order valence-electron chi connectivity index (χ3n) is 4.12. The molecule has 0 heterocycles. The topological polar surface area (TPSA) is 49.4 Å². The Kier molecular flexibility index (Phi) is 4.33. The second-order valence-corrected chi connectivity index (χ2v) is 7.97. The van der Waals surface area contributed by atoms with E-state index >= 15 is 0 Å². The van der Waals surface area contributed by atoms with Crippen LogP contribution < -0.4 is 5.32 Å². The fourth-order valence-corrected chi connectivity index (χ4v) is 4.65. The predicted molar refractivity (Wildman–Crippen MR) is 83.5 cm³/mol. The molecule has 0 unspecified atom stereocenters. The van der Waals surface area contributed by atoms with Gasteiger partial charge in [0, 0.05) is 25.2 Å². The van der Waals surface area contributed by atoms with Crippen LogP contribution in [0.5, 0.6) is 0 Å². The van der Waals surface area contributed by atoms with Crippen LogP contribution in [-0.4, -0.2) is 31.4 Å². The quantitative estimate of drug-likeness (QED) is 0.803. The Morgan fingerprint density at radius 2 is 1.90 bits per heavy atom. The van der Waals surface area contributed by atoms with Gasteiger partial charge in [0.15, 0.2) is 0 Å². The lowest BCUT2D eigenvalue weighted by Gasteiger charge is -2.23. The van der Waals surface area contributed by atoms with E-state index < -0.39 is 10.0 Å². The summed E-state index contributed by atoms with van der Waals surface area (Å²) in [5, 5.41) is 3.42. The summed E-state index contributed by atoms with van der Waals surface area (Å²) < 4.78 is 27.7. The molecule has 2 aliphatic carbocycles. The lowest BCUT2D eigenvalue weighted by atomic mass is 10.2. The zero-order chi connectivity index (χ0) is 14.9. The maximum absolute atomic E-state index is 13.0. The van der Waals surface area contributed by atoms with Crippen LogP contribution in [0, 0.1) is 0 Å². The maximum atomic E-state index is 13.0. The van der Waals surface area contributed by atoms with E-state index in [1.165, 1.54) is 12.8 Å². The van der Waals surface area contributed by atoms with Crippen LogP contribution >= 0.6 is 0 Å². The van der Waals surface area contributed by atoms with E-state index in [0.717, 1.165) is 24.8 Å². The van der Waals surface area contributed by atoms with Crippen LogP contribution in [0.25, 0.3) is 0 Å². The number of nitrogens with zero attached hydrogens (tertiary/aromatic N) is 1. The minimum atomic E-state index is -3.36.